The van der Waals surface area contributed by atoms with Crippen LogP contribution in [0.1, 0.15) is 0 Å². The van der Waals surface area contributed by atoms with Crippen molar-refractivity contribution in [2.75, 3.05) is 0 Å². The first-order valence-corrected chi connectivity index (χ1v) is 7.80. The fraction of sp³-hybridized carbons (Fsp3) is 0. The molecule has 17 heavy (non-hydrogen) atoms. The Morgan fingerprint density at radius 1 is 0.941 bits per heavy atom. The van der Waals surface area contributed by atoms with Crippen LogP contribution in [-0.2, 0) is 0 Å². The van der Waals surface area contributed by atoms with Gasteiger partial charge in [-0.25, -0.2) is 4.98 Å². The van der Waals surface area contributed by atoms with Gasteiger partial charge in [0, 0.05) is 15.6 Å². The Balaban J connectivity index is 2.02. The molecular formula is C13H7NS3. The molecule has 1 aromatic carbocycles. The van der Waals surface area contributed by atoms with Crippen LogP contribution in [0.2, 0.25) is 0 Å². The maximum Gasteiger partial charge on any atom is 0.126 e. The van der Waals surface area contributed by atoms with Crippen LogP contribution in [0, 0.1) is 0 Å². The number of thiazole rings is 1. The predicted octanol–water partition coefficient (Wildman–Crippen LogP) is 5.24. The molecule has 82 valence electrons. The summed E-state index contributed by atoms with van der Waals surface area (Å²) in [5, 5.41) is 5.51. The second kappa shape index (κ2) is 3.63. The number of hydrogen-bond acceptors (Lipinski definition) is 4. The molecule has 3 aromatic heterocycles. The molecule has 0 saturated carbocycles. The zero-order chi connectivity index (χ0) is 11.2. The highest BCUT2D eigenvalue weighted by atomic mass is 32.1. The van der Waals surface area contributed by atoms with Gasteiger partial charge in [-0.1, -0.05) is 12.1 Å². The Morgan fingerprint density at radius 3 is 2.82 bits per heavy atom. The van der Waals surface area contributed by atoms with E-state index in [0.717, 1.165) is 10.5 Å². The molecule has 1 nitrogen and oxygen atoms in total. The van der Waals surface area contributed by atoms with E-state index in [1.807, 2.05) is 6.07 Å². The average molecular weight is 273 g/mol. The van der Waals surface area contributed by atoms with Crippen molar-refractivity contribution in [1.82, 2.24) is 4.98 Å². The highest BCUT2D eigenvalue weighted by molar-refractivity contribution is 7.28. The van der Waals surface area contributed by atoms with Crippen molar-refractivity contribution >= 4 is 53.6 Å². The number of nitrogens with zero attached hydrogens (tertiary/aromatic N) is 1. The van der Waals surface area contributed by atoms with E-state index in [1.54, 1.807) is 34.0 Å². The Kier molecular flexibility index (Phi) is 2.09. The first kappa shape index (κ1) is 9.76. The molecule has 4 heteroatoms. The maximum atomic E-state index is 4.72. The third-order valence-corrected chi connectivity index (χ3v) is 5.80. The van der Waals surface area contributed by atoms with Gasteiger partial charge >= 0.3 is 0 Å². The lowest BCUT2D eigenvalue weighted by Crippen LogP contribution is -1.70. The number of benzene rings is 1. The second-order valence-corrected chi connectivity index (χ2v) is 6.61. The molecule has 0 aliphatic carbocycles. The number of rotatable bonds is 1. The number of fused-ring (bicyclic) bond motifs is 2. The molecule has 0 spiro atoms. The summed E-state index contributed by atoms with van der Waals surface area (Å²) in [5.74, 6) is 0. The summed E-state index contributed by atoms with van der Waals surface area (Å²) < 4.78 is 4.00. The quantitative estimate of drug-likeness (QED) is 0.462. The van der Waals surface area contributed by atoms with E-state index < -0.39 is 0 Å². The Morgan fingerprint density at radius 2 is 1.88 bits per heavy atom. The van der Waals surface area contributed by atoms with Crippen LogP contribution < -0.4 is 0 Å². The summed E-state index contributed by atoms with van der Waals surface area (Å²) in [4.78, 5) is 4.72. The van der Waals surface area contributed by atoms with E-state index in [0.29, 0.717) is 0 Å². The van der Waals surface area contributed by atoms with Gasteiger partial charge in [0.15, 0.2) is 0 Å². The van der Waals surface area contributed by atoms with Crippen molar-refractivity contribution in [2.45, 2.75) is 0 Å². The van der Waals surface area contributed by atoms with Crippen LogP contribution >= 0.6 is 34.0 Å². The summed E-state index contributed by atoms with van der Waals surface area (Å²) in [5.41, 5.74) is 2.39. The summed E-state index contributed by atoms with van der Waals surface area (Å²) in [6, 6.07) is 10.5. The minimum absolute atomic E-state index is 1.10. The molecule has 0 amide bonds. The minimum atomic E-state index is 1.10. The number of para-hydroxylation sites is 1. The molecule has 0 N–H and O–H groups in total. The van der Waals surface area contributed by atoms with Crippen molar-refractivity contribution in [3.63, 3.8) is 0 Å². The molecular weight excluding hydrogens is 266 g/mol. The molecule has 4 aromatic rings. The molecule has 0 fully saturated rings. The highest BCUT2D eigenvalue weighted by Crippen LogP contribution is 2.40. The van der Waals surface area contributed by atoms with E-state index in [9.17, 15) is 0 Å². The van der Waals surface area contributed by atoms with Crippen LogP contribution in [-0.4, -0.2) is 4.98 Å². The van der Waals surface area contributed by atoms with Gasteiger partial charge in [-0.15, -0.1) is 34.0 Å². The van der Waals surface area contributed by atoms with Crippen LogP contribution in [0.3, 0.4) is 0 Å². The van der Waals surface area contributed by atoms with Crippen molar-refractivity contribution in [3.8, 4) is 10.6 Å². The van der Waals surface area contributed by atoms with Crippen LogP contribution in [0.25, 0.3) is 30.2 Å². The van der Waals surface area contributed by atoms with Gasteiger partial charge in [0.05, 0.1) is 14.9 Å². The molecule has 0 unspecified atom stereocenters. The van der Waals surface area contributed by atoms with Gasteiger partial charge in [0.1, 0.15) is 5.01 Å². The first-order chi connectivity index (χ1) is 8.42. The van der Waals surface area contributed by atoms with Gasteiger partial charge in [0.2, 0.25) is 0 Å². The fourth-order valence-corrected chi connectivity index (χ4v) is 5.12. The average Bonchev–Trinajstić information content (AvgIpc) is 3.02. The van der Waals surface area contributed by atoms with Crippen LogP contribution in [0.15, 0.2) is 41.1 Å². The van der Waals surface area contributed by atoms with Crippen molar-refractivity contribution < 1.29 is 0 Å². The molecule has 0 bridgehead atoms. The Labute approximate surface area is 110 Å². The van der Waals surface area contributed by atoms with E-state index in [2.05, 4.69) is 35.0 Å². The van der Waals surface area contributed by atoms with Crippen LogP contribution in [0.4, 0.5) is 0 Å². The van der Waals surface area contributed by atoms with Crippen molar-refractivity contribution in [3.05, 3.63) is 41.1 Å². The normalized spacial score (nSPS) is 11.5. The number of thiophene rings is 2. The largest absolute Gasteiger partial charge is 0.236 e. The SMILES string of the molecule is c1ccc2sc(-c3csc4ccsc34)nc2c1. The lowest BCUT2D eigenvalue weighted by molar-refractivity contribution is 1.50. The Hall–Kier alpha value is -1.23. The topological polar surface area (TPSA) is 12.9 Å². The van der Waals surface area contributed by atoms with E-state index in [-0.39, 0.29) is 0 Å². The Bertz CT molecular complexity index is 773. The second-order valence-electron chi connectivity index (χ2n) is 3.75. The number of hydrogen-bond donors (Lipinski definition) is 0. The van der Waals surface area contributed by atoms with Gasteiger partial charge in [-0.05, 0) is 23.6 Å². The molecule has 0 aliphatic heterocycles. The van der Waals surface area contributed by atoms with Crippen molar-refractivity contribution in [2.24, 2.45) is 0 Å². The lowest BCUT2D eigenvalue weighted by atomic mass is 10.3. The zero-order valence-corrected chi connectivity index (χ0v) is 11.2. The monoisotopic (exact) mass is 273 g/mol. The summed E-state index contributed by atoms with van der Waals surface area (Å²) in [7, 11) is 0. The zero-order valence-electron chi connectivity index (χ0n) is 8.71. The summed E-state index contributed by atoms with van der Waals surface area (Å²) in [6.45, 7) is 0. The first-order valence-electron chi connectivity index (χ1n) is 5.22. The smallest absolute Gasteiger partial charge is 0.126 e. The maximum absolute atomic E-state index is 4.72. The molecule has 0 radical (unpaired) electrons. The van der Waals surface area contributed by atoms with Gasteiger partial charge < -0.3 is 0 Å². The van der Waals surface area contributed by atoms with Gasteiger partial charge in [0.25, 0.3) is 0 Å². The molecule has 0 atom stereocenters. The fourth-order valence-electron chi connectivity index (χ4n) is 1.90. The third-order valence-electron chi connectivity index (χ3n) is 2.70. The third kappa shape index (κ3) is 1.45. The number of aromatic nitrogens is 1. The molecule has 0 saturated heterocycles. The van der Waals surface area contributed by atoms with E-state index >= 15 is 0 Å². The van der Waals surface area contributed by atoms with Crippen LogP contribution in [0.5, 0.6) is 0 Å². The summed E-state index contributed by atoms with van der Waals surface area (Å²) >= 11 is 5.38. The summed E-state index contributed by atoms with van der Waals surface area (Å²) in [6.07, 6.45) is 0. The lowest BCUT2D eigenvalue weighted by Gasteiger charge is -1.88. The molecule has 0 aliphatic rings. The predicted molar refractivity (Wildman–Crippen MR) is 78.3 cm³/mol. The van der Waals surface area contributed by atoms with E-state index in [1.165, 1.54) is 19.7 Å². The van der Waals surface area contributed by atoms with Gasteiger partial charge in [-0.3, -0.25) is 0 Å². The van der Waals surface area contributed by atoms with E-state index in [4.69, 9.17) is 4.98 Å². The molecule has 3 heterocycles. The van der Waals surface area contributed by atoms with Crippen molar-refractivity contribution in [1.29, 1.82) is 0 Å². The standard InChI is InChI=1S/C13H7NS3/c1-2-4-10-9(3-1)14-13(17-10)8-7-16-11-5-6-15-12(8)11/h1-7H. The highest BCUT2D eigenvalue weighted by Gasteiger charge is 2.11. The minimum Gasteiger partial charge on any atom is -0.236 e. The van der Waals surface area contributed by atoms with Gasteiger partial charge in [-0.2, -0.15) is 0 Å². The molecule has 4 rings (SSSR count).